The number of carbonyl (C=O) groups is 2. The van der Waals surface area contributed by atoms with Gasteiger partial charge in [0.15, 0.2) is 6.61 Å². The lowest BCUT2D eigenvalue weighted by molar-refractivity contribution is -0.140. The first-order valence-electron chi connectivity index (χ1n) is 9.63. The number of piperidine rings is 1. The van der Waals surface area contributed by atoms with Crippen LogP contribution in [0, 0.1) is 6.92 Å². The van der Waals surface area contributed by atoms with Gasteiger partial charge in [-0.15, -0.1) is 0 Å². The molecular weight excluding hydrogens is 394 g/mol. The van der Waals surface area contributed by atoms with Crippen LogP contribution < -0.4 is 5.43 Å². The van der Waals surface area contributed by atoms with Crippen LogP contribution in [0.1, 0.15) is 49.3 Å². The number of benzene rings is 1. The molecule has 1 aromatic heterocycles. The molecule has 0 aliphatic carbocycles. The molecule has 1 aliphatic rings. The number of ether oxygens (including phenoxy) is 1. The lowest BCUT2D eigenvalue weighted by atomic mass is 9.97. The average Bonchev–Trinajstić information content (AvgIpc) is 2.67. The molecule has 1 aromatic carbocycles. The summed E-state index contributed by atoms with van der Waals surface area (Å²) in [6.45, 7) is 5.27. The summed E-state index contributed by atoms with van der Waals surface area (Å²) in [6.07, 6.45) is 2.92. The Morgan fingerprint density at radius 2 is 1.79 bits per heavy atom. The first kappa shape index (κ1) is 21.0. The molecule has 0 saturated carbocycles. The number of aryl methyl sites for hydroxylation is 1. The molecule has 1 aliphatic heterocycles. The van der Waals surface area contributed by atoms with E-state index in [4.69, 9.17) is 16.3 Å². The summed E-state index contributed by atoms with van der Waals surface area (Å²) in [5.41, 5.74) is 0.289. The summed E-state index contributed by atoms with van der Waals surface area (Å²) in [5, 5.41) is 4.72. The number of likely N-dealkylation sites (tertiary alicyclic amines) is 1. The number of nitrogens with zero attached hydrogens (tertiary/aromatic N) is 3. The van der Waals surface area contributed by atoms with Gasteiger partial charge < -0.3 is 9.64 Å². The third-order valence-corrected chi connectivity index (χ3v) is 5.43. The molecule has 2 atom stereocenters. The van der Waals surface area contributed by atoms with Crippen LogP contribution in [0.15, 0.2) is 35.1 Å². The Kier molecular flexibility index (Phi) is 6.37. The third-order valence-electron chi connectivity index (χ3n) is 5.18. The molecule has 0 N–H and O–H groups in total. The zero-order valence-electron chi connectivity index (χ0n) is 16.7. The molecule has 0 spiro atoms. The molecular formula is C21H24ClN3O4. The summed E-state index contributed by atoms with van der Waals surface area (Å²) >= 11 is 5.91. The molecule has 0 unspecified atom stereocenters. The van der Waals surface area contributed by atoms with Crippen LogP contribution in [0.3, 0.4) is 0 Å². The van der Waals surface area contributed by atoms with Crippen molar-refractivity contribution in [3.05, 3.63) is 57.0 Å². The Morgan fingerprint density at radius 3 is 2.41 bits per heavy atom. The van der Waals surface area contributed by atoms with Gasteiger partial charge in [0.1, 0.15) is 0 Å². The summed E-state index contributed by atoms with van der Waals surface area (Å²) in [6, 6.07) is 8.35. The minimum Gasteiger partial charge on any atom is -0.451 e. The normalized spacial score (nSPS) is 19.1. The minimum atomic E-state index is -0.914. The highest BCUT2D eigenvalue weighted by Gasteiger charge is 2.30. The molecule has 2 heterocycles. The quantitative estimate of drug-likeness (QED) is 0.714. The van der Waals surface area contributed by atoms with Crippen molar-refractivity contribution >= 4 is 23.5 Å². The minimum absolute atomic E-state index is 0.101. The molecule has 0 radical (unpaired) electrons. The number of carbonyl (C=O) groups excluding carboxylic acids is 2. The van der Waals surface area contributed by atoms with Gasteiger partial charge in [-0.3, -0.25) is 9.59 Å². The predicted molar refractivity (Wildman–Crippen MR) is 109 cm³/mol. The standard InChI is InChI=1S/C21H24ClN3O4/c1-13-5-4-6-14(2)24(13)19(27)12-29-21(28)20-18(26)11-15(3)25(23-20)17-9-7-16(22)8-10-17/h7-11,13-14H,4-6,12H2,1-3H3/t13-,14+. The lowest BCUT2D eigenvalue weighted by Gasteiger charge is -2.38. The van der Waals surface area contributed by atoms with E-state index in [9.17, 15) is 14.4 Å². The highest BCUT2D eigenvalue weighted by atomic mass is 35.5. The average molecular weight is 418 g/mol. The van der Waals surface area contributed by atoms with E-state index in [0.717, 1.165) is 19.3 Å². The van der Waals surface area contributed by atoms with Crippen molar-refractivity contribution in [3.8, 4) is 5.69 Å². The molecule has 154 valence electrons. The van der Waals surface area contributed by atoms with E-state index in [-0.39, 0.29) is 23.7 Å². The van der Waals surface area contributed by atoms with Crippen molar-refractivity contribution in [2.75, 3.05) is 6.61 Å². The van der Waals surface area contributed by atoms with Crippen molar-refractivity contribution < 1.29 is 14.3 Å². The number of aromatic nitrogens is 2. The summed E-state index contributed by atoms with van der Waals surface area (Å²) in [7, 11) is 0. The number of esters is 1. The van der Waals surface area contributed by atoms with Crippen molar-refractivity contribution in [1.29, 1.82) is 0 Å². The van der Waals surface area contributed by atoms with Crippen molar-refractivity contribution in [2.24, 2.45) is 0 Å². The van der Waals surface area contributed by atoms with E-state index in [0.29, 0.717) is 16.4 Å². The second-order valence-electron chi connectivity index (χ2n) is 7.39. The number of rotatable bonds is 4. The van der Waals surface area contributed by atoms with Gasteiger partial charge in [-0.2, -0.15) is 5.10 Å². The summed E-state index contributed by atoms with van der Waals surface area (Å²) in [5.74, 6) is -1.17. The Hall–Kier alpha value is -2.67. The van der Waals surface area contributed by atoms with Gasteiger partial charge >= 0.3 is 5.97 Å². The van der Waals surface area contributed by atoms with Crippen LogP contribution in [0.2, 0.25) is 5.02 Å². The van der Waals surface area contributed by atoms with Crippen LogP contribution in [-0.2, 0) is 9.53 Å². The first-order chi connectivity index (χ1) is 13.8. The zero-order chi connectivity index (χ0) is 21.1. The zero-order valence-corrected chi connectivity index (χ0v) is 17.5. The van der Waals surface area contributed by atoms with Gasteiger partial charge in [0.25, 0.3) is 5.91 Å². The van der Waals surface area contributed by atoms with Gasteiger partial charge in [0.2, 0.25) is 11.1 Å². The molecule has 8 heteroatoms. The van der Waals surface area contributed by atoms with Crippen LogP contribution in [0.5, 0.6) is 0 Å². The summed E-state index contributed by atoms with van der Waals surface area (Å²) in [4.78, 5) is 39.1. The smallest absolute Gasteiger partial charge is 0.363 e. The van der Waals surface area contributed by atoms with Crippen LogP contribution >= 0.6 is 11.6 Å². The van der Waals surface area contributed by atoms with Gasteiger partial charge in [-0.1, -0.05) is 11.6 Å². The van der Waals surface area contributed by atoms with E-state index in [1.54, 1.807) is 36.1 Å². The third kappa shape index (κ3) is 4.67. The van der Waals surface area contributed by atoms with Gasteiger partial charge in [0.05, 0.1) is 5.69 Å². The van der Waals surface area contributed by atoms with Crippen LogP contribution in [0.25, 0.3) is 5.69 Å². The van der Waals surface area contributed by atoms with Gasteiger partial charge in [0, 0.05) is 28.9 Å². The van der Waals surface area contributed by atoms with Crippen molar-refractivity contribution in [3.63, 3.8) is 0 Å². The largest absolute Gasteiger partial charge is 0.451 e. The Bertz CT molecular complexity index is 961. The van der Waals surface area contributed by atoms with Crippen molar-refractivity contribution in [2.45, 2.75) is 52.1 Å². The summed E-state index contributed by atoms with van der Waals surface area (Å²) < 4.78 is 6.61. The Morgan fingerprint density at radius 1 is 1.17 bits per heavy atom. The number of halogens is 1. The SMILES string of the molecule is Cc1cc(=O)c(C(=O)OCC(=O)N2[C@H](C)CCC[C@@H]2C)nn1-c1ccc(Cl)cc1. The Labute approximate surface area is 174 Å². The fraction of sp³-hybridized carbons (Fsp3) is 0.429. The number of hydrogen-bond acceptors (Lipinski definition) is 5. The molecule has 0 bridgehead atoms. The van der Waals surface area contributed by atoms with Crippen LogP contribution in [-0.4, -0.2) is 45.2 Å². The van der Waals surface area contributed by atoms with Crippen LogP contribution in [0.4, 0.5) is 0 Å². The van der Waals surface area contributed by atoms with Crippen molar-refractivity contribution in [1.82, 2.24) is 14.7 Å². The molecule has 1 saturated heterocycles. The number of amides is 1. The maximum absolute atomic E-state index is 12.5. The maximum Gasteiger partial charge on any atom is 0.363 e. The molecule has 1 amide bonds. The Balaban J connectivity index is 1.77. The van der Waals surface area contributed by atoms with E-state index in [2.05, 4.69) is 5.10 Å². The molecule has 29 heavy (non-hydrogen) atoms. The van der Waals surface area contributed by atoms with E-state index in [1.807, 2.05) is 13.8 Å². The monoisotopic (exact) mass is 417 g/mol. The molecule has 7 nitrogen and oxygen atoms in total. The molecule has 3 rings (SSSR count). The molecule has 1 fully saturated rings. The van der Waals surface area contributed by atoms with E-state index < -0.39 is 18.0 Å². The lowest BCUT2D eigenvalue weighted by Crippen LogP contribution is -2.49. The first-order valence-corrected chi connectivity index (χ1v) is 10.0. The van der Waals surface area contributed by atoms with Gasteiger partial charge in [-0.25, -0.2) is 9.48 Å². The fourth-order valence-electron chi connectivity index (χ4n) is 3.72. The predicted octanol–water partition coefficient (Wildman–Crippen LogP) is 3.14. The molecule has 2 aromatic rings. The van der Waals surface area contributed by atoms with E-state index >= 15 is 0 Å². The highest BCUT2D eigenvalue weighted by molar-refractivity contribution is 6.30. The second-order valence-corrected chi connectivity index (χ2v) is 7.83. The maximum atomic E-state index is 12.5. The fourth-order valence-corrected chi connectivity index (χ4v) is 3.84. The topological polar surface area (TPSA) is 81.5 Å². The van der Waals surface area contributed by atoms with Gasteiger partial charge in [-0.05, 0) is 64.3 Å². The second kappa shape index (κ2) is 8.78. The number of hydrogen-bond donors (Lipinski definition) is 0. The highest BCUT2D eigenvalue weighted by Crippen LogP contribution is 2.22. The van der Waals surface area contributed by atoms with E-state index in [1.165, 1.54) is 10.7 Å².